The molecule has 0 amide bonds. The summed E-state index contributed by atoms with van der Waals surface area (Å²) >= 11 is 1.71. The zero-order valence-electron chi connectivity index (χ0n) is 11.8. The van der Waals surface area contributed by atoms with E-state index in [1.807, 2.05) is 6.20 Å². The summed E-state index contributed by atoms with van der Waals surface area (Å²) in [4.78, 5) is 3.42. The average molecular weight is 291 g/mol. The van der Waals surface area contributed by atoms with Gasteiger partial charge >= 0.3 is 0 Å². The average Bonchev–Trinajstić information content (AvgIpc) is 3.09. The predicted octanol–water partition coefficient (Wildman–Crippen LogP) is 2.88. The second-order valence-electron chi connectivity index (χ2n) is 5.85. The van der Waals surface area contributed by atoms with E-state index in [0.29, 0.717) is 0 Å². The highest BCUT2D eigenvalue weighted by molar-refractivity contribution is 7.13. The molecule has 0 aliphatic heterocycles. The Bertz CT molecular complexity index is 543. The Balaban J connectivity index is 1.67. The number of rotatable bonds is 5. The Kier molecular flexibility index (Phi) is 3.92. The first-order valence-electron chi connectivity index (χ1n) is 7.13. The molecule has 1 aliphatic carbocycles. The van der Waals surface area contributed by atoms with Gasteiger partial charge in [0.15, 0.2) is 0 Å². The third-order valence-electron chi connectivity index (χ3n) is 4.02. The minimum atomic E-state index is -0.485. The van der Waals surface area contributed by atoms with Crippen LogP contribution in [0.3, 0.4) is 0 Å². The quantitative estimate of drug-likeness (QED) is 0.890. The number of aromatic nitrogens is 2. The van der Waals surface area contributed by atoms with Gasteiger partial charge in [0.1, 0.15) is 0 Å². The van der Waals surface area contributed by atoms with E-state index in [0.717, 1.165) is 44.5 Å². The molecule has 2 aromatic heterocycles. The molecule has 0 bridgehead atoms. The molecule has 1 saturated carbocycles. The molecule has 2 heterocycles. The first-order chi connectivity index (χ1) is 9.66. The van der Waals surface area contributed by atoms with E-state index in [1.54, 1.807) is 11.3 Å². The van der Waals surface area contributed by atoms with E-state index < -0.39 is 5.60 Å². The van der Waals surface area contributed by atoms with Crippen LogP contribution in [0.25, 0.3) is 10.6 Å². The SMILES string of the molecule is CN(Cc1cn[nH]c1-c1cccs1)CC1(O)CCCC1. The normalized spacial score (nSPS) is 17.9. The molecule has 0 spiro atoms. The molecule has 20 heavy (non-hydrogen) atoms. The first kappa shape index (κ1) is 13.8. The maximum atomic E-state index is 10.5. The molecular weight excluding hydrogens is 270 g/mol. The lowest BCUT2D eigenvalue weighted by molar-refractivity contribution is 0.0145. The highest BCUT2D eigenvalue weighted by Crippen LogP contribution is 2.31. The Morgan fingerprint density at radius 1 is 1.45 bits per heavy atom. The fourth-order valence-electron chi connectivity index (χ4n) is 3.11. The smallest absolute Gasteiger partial charge is 0.0794 e. The van der Waals surface area contributed by atoms with Crippen LogP contribution in [0.5, 0.6) is 0 Å². The van der Waals surface area contributed by atoms with Crippen LogP contribution in [0.15, 0.2) is 23.7 Å². The van der Waals surface area contributed by atoms with Crippen molar-refractivity contribution in [2.24, 2.45) is 0 Å². The van der Waals surface area contributed by atoms with Crippen molar-refractivity contribution in [2.45, 2.75) is 37.8 Å². The number of aliphatic hydroxyl groups is 1. The van der Waals surface area contributed by atoms with Gasteiger partial charge < -0.3 is 5.11 Å². The summed E-state index contributed by atoms with van der Waals surface area (Å²) < 4.78 is 0. The summed E-state index contributed by atoms with van der Waals surface area (Å²) in [5, 5.41) is 19.8. The Hall–Kier alpha value is -1.17. The molecule has 2 N–H and O–H groups in total. The number of H-pyrrole nitrogens is 1. The lowest BCUT2D eigenvalue weighted by atomic mass is 10.0. The van der Waals surface area contributed by atoms with Crippen LogP contribution in [0, 0.1) is 0 Å². The maximum Gasteiger partial charge on any atom is 0.0794 e. The van der Waals surface area contributed by atoms with Crippen LogP contribution >= 0.6 is 11.3 Å². The minimum Gasteiger partial charge on any atom is -0.389 e. The van der Waals surface area contributed by atoms with Crippen molar-refractivity contribution in [3.63, 3.8) is 0 Å². The van der Waals surface area contributed by atoms with Gasteiger partial charge in [0.05, 0.1) is 22.4 Å². The van der Waals surface area contributed by atoms with Crippen LogP contribution in [-0.2, 0) is 6.54 Å². The maximum absolute atomic E-state index is 10.5. The predicted molar refractivity (Wildman–Crippen MR) is 81.7 cm³/mol. The minimum absolute atomic E-state index is 0.485. The van der Waals surface area contributed by atoms with Crippen LogP contribution in [0.2, 0.25) is 0 Å². The molecule has 2 aromatic rings. The number of nitrogens with one attached hydrogen (secondary N) is 1. The third-order valence-corrected chi connectivity index (χ3v) is 4.91. The fourth-order valence-corrected chi connectivity index (χ4v) is 3.86. The van der Waals surface area contributed by atoms with Crippen molar-refractivity contribution in [1.82, 2.24) is 15.1 Å². The van der Waals surface area contributed by atoms with E-state index in [1.165, 1.54) is 10.4 Å². The van der Waals surface area contributed by atoms with E-state index in [-0.39, 0.29) is 0 Å². The number of aromatic amines is 1. The number of nitrogens with zero attached hydrogens (tertiary/aromatic N) is 2. The van der Waals surface area contributed by atoms with E-state index >= 15 is 0 Å². The van der Waals surface area contributed by atoms with Crippen molar-refractivity contribution in [3.8, 4) is 10.6 Å². The van der Waals surface area contributed by atoms with Gasteiger partial charge in [0.2, 0.25) is 0 Å². The molecule has 0 radical (unpaired) electrons. The van der Waals surface area contributed by atoms with Gasteiger partial charge in [-0.3, -0.25) is 10.00 Å². The van der Waals surface area contributed by atoms with Gasteiger partial charge in [-0.15, -0.1) is 11.3 Å². The first-order valence-corrected chi connectivity index (χ1v) is 8.01. The van der Waals surface area contributed by atoms with Crippen LogP contribution in [-0.4, -0.2) is 39.4 Å². The van der Waals surface area contributed by atoms with Gasteiger partial charge in [-0.25, -0.2) is 0 Å². The third kappa shape index (κ3) is 2.95. The zero-order valence-corrected chi connectivity index (χ0v) is 12.6. The van der Waals surface area contributed by atoms with Crippen LogP contribution < -0.4 is 0 Å². The summed E-state index contributed by atoms with van der Waals surface area (Å²) in [7, 11) is 2.07. The number of thiophene rings is 1. The second kappa shape index (κ2) is 5.68. The molecule has 108 valence electrons. The van der Waals surface area contributed by atoms with Gasteiger partial charge in [-0.1, -0.05) is 18.9 Å². The van der Waals surface area contributed by atoms with Gasteiger partial charge in [0, 0.05) is 18.7 Å². The van der Waals surface area contributed by atoms with Crippen molar-refractivity contribution in [1.29, 1.82) is 0 Å². The lowest BCUT2D eigenvalue weighted by Crippen LogP contribution is -2.38. The largest absolute Gasteiger partial charge is 0.389 e. The highest BCUT2D eigenvalue weighted by Gasteiger charge is 2.32. The van der Waals surface area contributed by atoms with E-state index in [4.69, 9.17) is 0 Å². The van der Waals surface area contributed by atoms with Gasteiger partial charge in [-0.05, 0) is 31.3 Å². The Morgan fingerprint density at radius 3 is 2.95 bits per heavy atom. The lowest BCUT2D eigenvalue weighted by Gasteiger charge is -2.28. The topological polar surface area (TPSA) is 52.2 Å². The Labute approximate surface area is 123 Å². The summed E-state index contributed by atoms with van der Waals surface area (Å²) in [6.07, 6.45) is 6.05. The van der Waals surface area contributed by atoms with Gasteiger partial charge in [0.25, 0.3) is 0 Å². The molecule has 1 aliphatic rings. The molecule has 0 aromatic carbocycles. The summed E-state index contributed by atoms with van der Waals surface area (Å²) in [6.45, 7) is 1.55. The van der Waals surface area contributed by atoms with Crippen molar-refractivity contribution < 1.29 is 5.11 Å². The number of hydrogen-bond acceptors (Lipinski definition) is 4. The summed E-state index contributed by atoms with van der Waals surface area (Å²) in [6, 6.07) is 4.15. The summed E-state index contributed by atoms with van der Waals surface area (Å²) in [5.74, 6) is 0. The zero-order chi connectivity index (χ0) is 14.0. The second-order valence-corrected chi connectivity index (χ2v) is 6.80. The molecule has 0 saturated heterocycles. The number of hydrogen-bond donors (Lipinski definition) is 2. The monoisotopic (exact) mass is 291 g/mol. The van der Waals surface area contributed by atoms with E-state index in [9.17, 15) is 5.11 Å². The fraction of sp³-hybridized carbons (Fsp3) is 0.533. The molecule has 5 heteroatoms. The molecule has 0 unspecified atom stereocenters. The van der Waals surface area contributed by atoms with Gasteiger partial charge in [-0.2, -0.15) is 5.10 Å². The highest BCUT2D eigenvalue weighted by atomic mass is 32.1. The molecule has 0 atom stereocenters. The number of likely N-dealkylation sites (N-methyl/N-ethyl adjacent to an activating group) is 1. The van der Waals surface area contributed by atoms with Crippen molar-refractivity contribution >= 4 is 11.3 Å². The van der Waals surface area contributed by atoms with Crippen molar-refractivity contribution in [2.75, 3.05) is 13.6 Å². The molecule has 1 fully saturated rings. The summed E-state index contributed by atoms with van der Waals surface area (Å²) in [5.41, 5.74) is 1.81. The van der Waals surface area contributed by atoms with Crippen LogP contribution in [0.1, 0.15) is 31.2 Å². The van der Waals surface area contributed by atoms with E-state index in [2.05, 4.69) is 39.7 Å². The molecular formula is C15H21N3OS. The standard InChI is InChI=1S/C15H21N3OS/c1-18(11-15(19)6-2-3-7-15)10-12-9-16-17-14(12)13-5-4-8-20-13/h4-5,8-9,19H,2-3,6-7,10-11H2,1H3,(H,16,17). The molecule has 3 rings (SSSR count). The van der Waals surface area contributed by atoms with Crippen LogP contribution in [0.4, 0.5) is 0 Å². The Morgan fingerprint density at radius 2 is 2.25 bits per heavy atom. The molecule has 4 nitrogen and oxygen atoms in total. The van der Waals surface area contributed by atoms with Crippen molar-refractivity contribution in [3.05, 3.63) is 29.3 Å².